The highest BCUT2D eigenvalue weighted by Gasteiger charge is 2.28. The standard InChI is InChI=1S/C31H28Cl2N4O2/c32-25-11-9-22(28(33)17-25)16-29(34)30(38)37-18-23-10-12-27(15-24(23)19-37)36-31(39)35-26-8-4-7-21(14-26)13-20-5-2-1-3-6-20/h1-12,14-15,17,29H,13,16,18-19,34H2,(H2,35,36,39). The maximum absolute atomic E-state index is 13.1. The van der Waals surface area contributed by atoms with Crippen LogP contribution in [0.3, 0.4) is 0 Å². The monoisotopic (exact) mass is 558 g/mol. The van der Waals surface area contributed by atoms with Crippen molar-refractivity contribution in [3.63, 3.8) is 0 Å². The van der Waals surface area contributed by atoms with Gasteiger partial charge in [0.15, 0.2) is 0 Å². The Balaban J connectivity index is 1.17. The molecule has 0 aromatic heterocycles. The summed E-state index contributed by atoms with van der Waals surface area (Å²) in [7, 11) is 0. The van der Waals surface area contributed by atoms with Gasteiger partial charge in [-0.1, -0.05) is 77.8 Å². The average molecular weight is 559 g/mol. The van der Waals surface area contributed by atoms with E-state index < -0.39 is 6.04 Å². The number of halogens is 2. The van der Waals surface area contributed by atoms with Crippen molar-refractivity contribution < 1.29 is 9.59 Å². The summed E-state index contributed by atoms with van der Waals surface area (Å²) in [5, 5.41) is 6.83. The van der Waals surface area contributed by atoms with Crippen molar-refractivity contribution in [3.05, 3.63) is 129 Å². The predicted octanol–water partition coefficient (Wildman–Crippen LogP) is 6.64. The van der Waals surface area contributed by atoms with Crippen LogP contribution in [0.25, 0.3) is 0 Å². The lowest BCUT2D eigenvalue weighted by Gasteiger charge is -2.20. The van der Waals surface area contributed by atoms with Crippen LogP contribution in [0, 0.1) is 0 Å². The molecule has 1 unspecified atom stereocenters. The zero-order valence-corrected chi connectivity index (χ0v) is 22.7. The normalized spacial score (nSPS) is 13.1. The second-order valence-electron chi connectivity index (χ2n) is 9.67. The number of carbonyl (C=O) groups excluding carboxylic acids is 2. The van der Waals surface area contributed by atoms with Crippen molar-refractivity contribution in [2.45, 2.75) is 32.0 Å². The number of anilines is 2. The number of hydrogen-bond donors (Lipinski definition) is 3. The van der Waals surface area contributed by atoms with E-state index in [1.165, 1.54) is 5.56 Å². The van der Waals surface area contributed by atoms with Gasteiger partial charge in [0.25, 0.3) is 0 Å². The Kier molecular flexibility index (Phi) is 8.17. The molecule has 0 saturated carbocycles. The molecule has 4 N–H and O–H groups in total. The molecule has 0 spiro atoms. The van der Waals surface area contributed by atoms with E-state index in [0.717, 1.165) is 28.7 Å². The molecule has 4 aromatic carbocycles. The van der Waals surface area contributed by atoms with Gasteiger partial charge < -0.3 is 21.3 Å². The lowest BCUT2D eigenvalue weighted by Crippen LogP contribution is -2.42. The SMILES string of the molecule is NC(Cc1ccc(Cl)cc1Cl)C(=O)N1Cc2ccc(NC(=O)Nc3cccc(Cc4ccccc4)c3)cc2C1. The maximum Gasteiger partial charge on any atom is 0.323 e. The van der Waals surface area contributed by atoms with Gasteiger partial charge in [0.05, 0.1) is 6.04 Å². The Morgan fingerprint density at radius 2 is 1.51 bits per heavy atom. The number of hydrogen-bond acceptors (Lipinski definition) is 3. The number of nitrogens with two attached hydrogens (primary N) is 1. The van der Waals surface area contributed by atoms with Crippen LogP contribution in [0.5, 0.6) is 0 Å². The highest BCUT2D eigenvalue weighted by molar-refractivity contribution is 6.35. The molecule has 0 saturated heterocycles. The number of carbonyl (C=O) groups is 2. The third kappa shape index (κ3) is 6.79. The summed E-state index contributed by atoms with van der Waals surface area (Å²) < 4.78 is 0. The topological polar surface area (TPSA) is 87.5 Å². The molecule has 0 bridgehead atoms. The van der Waals surface area contributed by atoms with Crippen LogP contribution in [-0.4, -0.2) is 22.9 Å². The largest absolute Gasteiger partial charge is 0.333 e. The van der Waals surface area contributed by atoms with E-state index >= 15 is 0 Å². The van der Waals surface area contributed by atoms with Gasteiger partial charge in [0.2, 0.25) is 5.91 Å². The van der Waals surface area contributed by atoms with Gasteiger partial charge in [0, 0.05) is 34.5 Å². The van der Waals surface area contributed by atoms with Crippen LogP contribution in [0.2, 0.25) is 10.0 Å². The molecule has 0 radical (unpaired) electrons. The number of amides is 3. The summed E-state index contributed by atoms with van der Waals surface area (Å²) in [6, 6.07) is 27.8. The zero-order chi connectivity index (χ0) is 27.4. The van der Waals surface area contributed by atoms with Gasteiger partial charge in [-0.3, -0.25) is 4.79 Å². The minimum absolute atomic E-state index is 0.153. The molecule has 4 aromatic rings. The smallest absolute Gasteiger partial charge is 0.323 e. The second kappa shape index (κ2) is 11.9. The van der Waals surface area contributed by atoms with Crippen molar-refractivity contribution in [3.8, 4) is 0 Å². The third-order valence-corrected chi connectivity index (χ3v) is 7.29. The molecule has 3 amide bonds. The van der Waals surface area contributed by atoms with Crippen LogP contribution in [-0.2, 0) is 30.7 Å². The lowest BCUT2D eigenvalue weighted by molar-refractivity contribution is -0.133. The van der Waals surface area contributed by atoms with Crippen molar-refractivity contribution in [1.82, 2.24) is 4.90 Å². The van der Waals surface area contributed by atoms with Crippen LogP contribution < -0.4 is 16.4 Å². The Hall–Kier alpha value is -3.84. The molecule has 5 rings (SSSR count). The Morgan fingerprint density at radius 1 is 0.795 bits per heavy atom. The first-order chi connectivity index (χ1) is 18.8. The molecule has 1 heterocycles. The summed E-state index contributed by atoms with van der Waals surface area (Å²) in [5.74, 6) is -0.153. The molecular formula is C31H28Cl2N4O2. The molecule has 1 aliphatic rings. The van der Waals surface area contributed by atoms with Gasteiger partial charge in [-0.25, -0.2) is 4.79 Å². The Labute approximate surface area is 237 Å². The minimum Gasteiger partial charge on any atom is -0.333 e. The van der Waals surface area contributed by atoms with Gasteiger partial charge in [-0.05, 0) is 77.1 Å². The van der Waals surface area contributed by atoms with Gasteiger partial charge in [0.1, 0.15) is 0 Å². The number of urea groups is 1. The maximum atomic E-state index is 13.1. The summed E-state index contributed by atoms with van der Waals surface area (Å²) in [4.78, 5) is 27.5. The first-order valence-electron chi connectivity index (χ1n) is 12.6. The van der Waals surface area contributed by atoms with E-state index in [0.29, 0.717) is 40.9 Å². The van der Waals surface area contributed by atoms with Crippen molar-refractivity contribution >= 4 is 46.5 Å². The Bertz CT molecular complexity index is 1510. The quantitative estimate of drug-likeness (QED) is 0.237. The van der Waals surface area contributed by atoms with Crippen molar-refractivity contribution in [1.29, 1.82) is 0 Å². The molecule has 1 atom stereocenters. The van der Waals surface area contributed by atoms with E-state index in [1.54, 1.807) is 23.1 Å². The third-order valence-electron chi connectivity index (χ3n) is 6.71. The van der Waals surface area contributed by atoms with E-state index in [2.05, 4.69) is 22.8 Å². The lowest BCUT2D eigenvalue weighted by atomic mass is 10.0. The fourth-order valence-electron chi connectivity index (χ4n) is 4.76. The number of rotatable bonds is 7. The number of nitrogens with zero attached hydrogens (tertiary/aromatic N) is 1. The summed E-state index contributed by atoms with van der Waals surface area (Å²) >= 11 is 12.2. The molecule has 198 valence electrons. The highest BCUT2D eigenvalue weighted by atomic mass is 35.5. The summed E-state index contributed by atoms with van der Waals surface area (Å²) in [6.07, 6.45) is 1.11. The second-order valence-corrected chi connectivity index (χ2v) is 10.5. The molecular weight excluding hydrogens is 531 g/mol. The van der Waals surface area contributed by atoms with Crippen molar-refractivity contribution in [2.75, 3.05) is 10.6 Å². The first-order valence-corrected chi connectivity index (χ1v) is 13.4. The zero-order valence-electron chi connectivity index (χ0n) is 21.2. The van der Waals surface area contributed by atoms with Crippen LogP contribution in [0.15, 0.2) is 91.0 Å². The number of nitrogens with one attached hydrogen (secondary N) is 2. The molecule has 0 aliphatic carbocycles. The fourth-order valence-corrected chi connectivity index (χ4v) is 5.24. The number of fused-ring (bicyclic) bond motifs is 1. The molecule has 6 nitrogen and oxygen atoms in total. The average Bonchev–Trinajstić information content (AvgIpc) is 3.34. The van der Waals surface area contributed by atoms with Crippen LogP contribution >= 0.6 is 23.2 Å². The van der Waals surface area contributed by atoms with E-state index in [1.807, 2.05) is 60.7 Å². The highest BCUT2D eigenvalue weighted by Crippen LogP contribution is 2.28. The number of benzene rings is 4. The molecule has 39 heavy (non-hydrogen) atoms. The van der Waals surface area contributed by atoms with Crippen molar-refractivity contribution in [2.24, 2.45) is 5.73 Å². The molecule has 8 heteroatoms. The Morgan fingerprint density at radius 3 is 2.28 bits per heavy atom. The van der Waals surface area contributed by atoms with Gasteiger partial charge in [-0.15, -0.1) is 0 Å². The van der Waals surface area contributed by atoms with Crippen LogP contribution in [0.1, 0.15) is 27.8 Å². The van der Waals surface area contributed by atoms with E-state index in [9.17, 15) is 9.59 Å². The summed E-state index contributed by atoms with van der Waals surface area (Å²) in [5.41, 5.74) is 12.7. The molecule has 0 fully saturated rings. The van der Waals surface area contributed by atoms with Gasteiger partial charge >= 0.3 is 6.03 Å². The first kappa shape index (κ1) is 26.8. The minimum atomic E-state index is -0.723. The summed E-state index contributed by atoms with van der Waals surface area (Å²) in [6.45, 7) is 0.895. The predicted molar refractivity (Wildman–Crippen MR) is 157 cm³/mol. The van der Waals surface area contributed by atoms with Crippen LogP contribution in [0.4, 0.5) is 16.2 Å². The van der Waals surface area contributed by atoms with E-state index in [-0.39, 0.29) is 11.9 Å². The fraction of sp³-hybridized carbons (Fsp3) is 0.161. The van der Waals surface area contributed by atoms with Gasteiger partial charge in [-0.2, -0.15) is 0 Å². The molecule has 1 aliphatic heterocycles. The van der Waals surface area contributed by atoms with E-state index in [4.69, 9.17) is 28.9 Å².